The third kappa shape index (κ3) is 4.30. The highest BCUT2D eigenvalue weighted by molar-refractivity contribution is 6.08. The van der Waals surface area contributed by atoms with E-state index in [4.69, 9.17) is 9.15 Å². The molecule has 1 fully saturated rings. The number of aryl methyl sites for hydroxylation is 1. The van der Waals surface area contributed by atoms with Gasteiger partial charge in [-0.1, -0.05) is 42.5 Å². The summed E-state index contributed by atoms with van der Waals surface area (Å²) in [5, 5.41) is 8.29. The average Bonchev–Trinajstić information content (AvgIpc) is 3.58. The summed E-state index contributed by atoms with van der Waals surface area (Å²) in [5.41, 5.74) is 2.19. The van der Waals surface area contributed by atoms with Crippen LogP contribution in [0.2, 0.25) is 0 Å². The number of hydrogen-bond acceptors (Lipinski definition) is 5. The number of fused-ring (bicyclic) bond motifs is 3. The molecule has 0 saturated heterocycles. The summed E-state index contributed by atoms with van der Waals surface area (Å²) < 4.78 is 11.1. The third-order valence-electron chi connectivity index (χ3n) is 5.67. The smallest absolute Gasteiger partial charge is 0.375 e. The highest BCUT2D eigenvalue weighted by Crippen LogP contribution is 2.32. The van der Waals surface area contributed by atoms with Gasteiger partial charge in [-0.2, -0.15) is 0 Å². The van der Waals surface area contributed by atoms with Gasteiger partial charge in [0.15, 0.2) is 6.61 Å². The molecular weight excluding hydrogens is 420 g/mol. The van der Waals surface area contributed by atoms with E-state index < -0.39 is 18.5 Å². The van der Waals surface area contributed by atoms with E-state index in [0.29, 0.717) is 22.4 Å². The summed E-state index contributed by atoms with van der Waals surface area (Å²) in [6, 6.07) is 18.5. The monoisotopic (exact) mass is 442 g/mol. The zero-order valence-electron chi connectivity index (χ0n) is 18.0. The summed E-state index contributed by atoms with van der Waals surface area (Å²) in [4.78, 5) is 37.1. The van der Waals surface area contributed by atoms with E-state index in [0.717, 1.165) is 29.0 Å². The van der Waals surface area contributed by atoms with Crippen molar-refractivity contribution >= 4 is 45.2 Å². The van der Waals surface area contributed by atoms with Crippen LogP contribution in [-0.2, 0) is 9.53 Å². The Bertz CT molecular complexity index is 1400. The lowest BCUT2D eigenvalue weighted by Crippen LogP contribution is -2.25. The van der Waals surface area contributed by atoms with Crippen LogP contribution >= 0.6 is 0 Å². The first-order chi connectivity index (χ1) is 16.0. The summed E-state index contributed by atoms with van der Waals surface area (Å²) in [6.45, 7) is 1.31. The molecule has 0 spiro atoms. The van der Waals surface area contributed by atoms with Gasteiger partial charge in [-0.3, -0.25) is 9.59 Å². The van der Waals surface area contributed by atoms with Gasteiger partial charge >= 0.3 is 5.97 Å². The molecule has 0 aliphatic heterocycles. The van der Waals surface area contributed by atoms with Crippen molar-refractivity contribution in [3.05, 3.63) is 77.6 Å². The van der Waals surface area contributed by atoms with Crippen molar-refractivity contribution in [1.29, 1.82) is 0 Å². The van der Waals surface area contributed by atoms with Crippen LogP contribution in [0.15, 0.2) is 65.1 Å². The second-order valence-electron chi connectivity index (χ2n) is 8.17. The number of carbonyl (C=O) groups is 3. The molecule has 0 unspecified atom stereocenters. The summed E-state index contributed by atoms with van der Waals surface area (Å²) in [7, 11) is 0. The first-order valence-corrected chi connectivity index (χ1v) is 10.8. The first-order valence-electron chi connectivity index (χ1n) is 10.8. The maximum atomic E-state index is 12.6. The molecule has 2 amide bonds. The molecule has 1 heterocycles. The molecule has 1 aliphatic carbocycles. The Labute approximate surface area is 189 Å². The number of carbonyl (C=O) groups excluding carboxylic acids is 3. The highest BCUT2D eigenvalue weighted by atomic mass is 16.5. The molecule has 1 saturated carbocycles. The molecule has 1 aromatic heterocycles. The van der Waals surface area contributed by atoms with Gasteiger partial charge in [-0.05, 0) is 43.4 Å². The molecule has 33 heavy (non-hydrogen) atoms. The van der Waals surface area contributed by atoms with E-state index in [1.54, 1.807) is 31.2 Å². The van der Waals surface area contributed by atoms with Gasteiger partial charge in [0.2, 0.25) is 5.76 Å². The number of hydrogen-bond donors (Lipinski definition) is 2. The van der Waals surface area contributed by atoms with Gasteiger partial charge in [0, 0.05) is 33.6 Å². The molecule has 7 heteroatoms. The number of benzene rings is 3. The van der Waals surface area contributed by atoms with Crippen LogP contribution in [-0.4, -0.2) is 30.4 Å². The second kappa shape index (κ2) is 8.43. The van der Waals surface area contributed by atoms with Crippen molar-refractivity contribution in [1.82, 2.24) is 5.32 Å². The van der Waals surface area contributed by atoms with Gasteiger partial charge < -0.3 is 19.8 Å². The first kappa shape index (κ1) is 20.8. The van der Waals surface area contributed by atoms with E-state index in [-0.39, 0.29) is 17.7 Å². The number of ether oxygens (including phenoxy) is 1. The molecule has 0 bridgehead atoms. The molecule has 1 aliphatic rings. The van der Waals surface area contributed by atoms with Crippen LogP contribution in [0.25, 0.3) is 21.7 Å². The summed E-state index contributed by atoms with van der Waals surface area (Å²) in [5.74, 6) is -1.32. The fourth-order valence-electron chi connectivity index (χ4n) is 3.77. The van der Waals surface area contributed by atoms with Gasteiger partial charge in [-0.15, -0.1) is 0 Å². The van der Waals surface area contributed by atoms with Crippen LogP contribution in [0.1, 0.15) is 39.3 Å². The number of anilines is 1. The largest absolute Gasteiger partial charge is 0.450 e. The normalized spacial score (nSPS) is 13.1. The minimum absolute atomic E-state index is 0.0768. The lowest BCUT2D eigenvalue weighted by atomic mass is 10.1. The van der Waals surface area contributed by atoms with E-state index in [1.807, 2.05) is 36.4 Å². The maximum Gasteiger partial charge on any atom is 0.375 e. The Kier molecular flexibility index (Phi) is 5.30. The number of furan rings is 1. The predicted molar refractivity (Wildman–Crippen MR) is 124 cm³/mol. The predicted octanol–water partition coefficient (Wildman–Crippen LogP) is 4.58. The topological polar surface area (TPSA) is 97.6 Å². The SMILES string of the molecule is Cc1c(C(=O)OCC(=O)Nc2cccc(C(=O)NC3CC3)c2)oc2c1ccc1ccccc12. The fourth-order valence-corrected chi connectivity index (χ4v) is 3.77. The van der Waals surface area contributed by atoms with E-state index in [2.05, 4.69) is 10.6 Å². The molecule has 5 rings (SSSR count). The molecule has 0 atom stereocenters. The van der Waals surface area contributed by atoms with E-state index >= 15 is 0 Å². The Morgan fingerprint density at radius 1 is 1.00 bits per heavy atom. The zero-order valence-corrected chi connectivity index (χ0v) is 18.0. The lowest BCUT2D eigenvalue weighted by molar-refractivity contribution is -0.119. The van der Waals surface area contributed by atoms with Crippen molar-refractivity contribution in [3.63, 3.8) is 0 Å². The van der Waals surface area contributed by atoms with Gasteiger partial charge in [-0.25, -0.2) is 4.79 Å². The van der Waals surface area contributed by atoms with Crippen molar-refractivity contribution < 1.29 is 23.5 Å². The van der Waals surface area contributed by atoms with Gasteiger partial charge in [0.25, 0.3) is 11.8 Å². The van der Waals surface area contributed by atoms with Crippen molar-refractivity contribution in [2.45, 2.75) is 25.8 Å². The maximum absolute atomic E-state index is 12.6. The number of nitrogens with one attached hydrogen (secondary N) is 2. The van der Waals surface area contributed by atoms with Crippen molar-refractivity contribution in [2.75, 3.05) is 11.9 Å². The van der Waals surface area contributed by atoms with Gasteiger partial charge in [0.05, 0.1) is 0 Å². The number of rotatable bonds is 6. The van der Waals surface area contributed by atoms with Crippen LogP contribution in [0.5, 0.6) is 0 Å². The molecular formula is C26H22N2O5. The van der Waals surface area contributed by atoms with Crippen LogP contribution in [0, 0.1) is 6.92 Å². The second-order valence-corrected chi connectivity index (χ2v) is 8.17. The number of esters is 1. The minimum Gasteiger partial charge on any atom is -0.450 e. The summed E-state index contributed by atoms with van der Waals surface area (Å²) >= 11 is 0. The molecule has 7 nitrogen and oxygen atoms in total. The standard InChI is InChI=1S/C26H22N2O5/c1-15-20-12-9-16-5-2-3-8-21(16)24(20)33-23(15)26(31)32-14-22(29)27-19-7-4-6-17(13-19)25(30)28-18-10-11-18/h2-9,12-13,18H,10-11,14H2,1H3,(H,27,29)(H,28,30). The molecule has 4 aromatic rings. The van der Waals surface area contributed by atoms with E-state index in [9.17, 15) is 14.4 Å². The quantitative estimate of drug-likeness (QED) is 0.426. The molecule has 0 radical (unpaired) electrons. The fraction of sp³-hybridized carbons (Fsp3) is 0.192. The minimum atomic E-state index is -0.708. The Morgan fingerprint density at radius 3 is 2.64 bits per heavy atom. The number of amides is 2. The van der Waals surface area contributed by atoms with Crippen molar-refractivity contribution in [3.8, 4) is 0 Å². The lowest BCUT2D eigenvalue weighted by Gasteiger charge is -2.08. The molecule has 2 N–H and O–H groups in total. The van der Waals surface area contributed by atoms with E-state index in [1.165, 1.54) is 0 Å². The third-order valence-corrected chi connectivity index (χ3v) is 5.67. The van der Waals surface area contributed by atoms with Crippen LogP contribution < -0.4 is 10.6 Å². The Balaban J connectivity index is 1.25. The molecule has 3 aromatic carbocycles. The Morgan fingerprint density at radius 2 is 1.82 bits per heavy atom. The highest BCUT2D eigenvalue weighted by Gasteiger charge is 2.24. The Hall–Kier alpha value is -4.13. The molecule has 166 valence electrons. The summed E-state index contributed by atoms with van der Waals surface area (Å²) in [6.07, 6.45) is 1.99. The zero-order chi connectivity index (χ0) is 22.9. The average molecular weight is 442 g/mol. The van der Waals surface area contributed by atoms with Crippen LogP contribution in [0.4, 0.5) is 5.69 Å². The van der Waals surface area contributed by atoms with Gasteiger partial charge in [0.1, 0.15) is 5.58 Å². The van der Waals surface area contributed by atoms with Crippen molar-refractivity contribution in [2.24, 2.45) is 0 Å². The van der Waals surface area contributed by atoms with Crippen LogP contribution in [0.3, 0.4) is 0 Å².